The van der Waals surface area contributed by atoms with Crippen LogP contribution in [0.2, 0.25) is 0 Å². The molecule has 0 saturated carbocycles. The van der Waals surface area contributed by atoms with Crippen LogP contribution >= 0.6 is 0 Å². The fourth-order valence-corrected chi connectivity index (χ4v) is 1.61. The van der Waals surface area contributed by atoms with E-state index in [0.29, 0.717) is 0 Å². The summed E-state index contributed by atoms with van der Waals surface area (Å²) in [5.41, 5.74) is 2.85. The SMILES string of the molecule is CCn1nc(-c2cnccn2)cc1CNC. The van der Waals surface area contributed by atoms with Crippen LogP contribution < -0.4 is 5.32 Å². The molecule has 5 heteroatoms. The Morgan fingerprint density at radius 1 is 1.31 bits per heavy atom. The molecule has 16 heavy (non-hydrogen) atoms. The maximum Gasteiger partial charge on any atom is 0.113 e. The number of nitrogens with one attached hydrogen (secondary N) is 1. The van der Waals surface area contributed by atoms with Crippen LogP contribution in [0.25, 0.3) is 11.4 Å². The Morgan fingerprint density at radius 3 is 2.81 bits per heavy atom. The van der Waals surface area contributed by atoms with Crippen molar-refractivity contribution in [2.45, 2.75) is 20.0 Å². The third-order valence-corrected chi connectivity index (χ3v) is 2.35. The summed E-state index contributed by atoms with van der Waals surface area (Å²) in [4.78, 5) is 8.28. The molecule has 84 valence electrons. The van der Waals surface area contributed by atoms with E-state index in [1.807, 2.05) is 17.8 Å². The molecule has 0 amide bonds. The molecule has 0 aromatic carbocycles. The average Bonchev–Trinajstić information content (AvgIpc) is 2.74. The molecule has 2 heterocycles. The van der Waals surface area contributed by atoms with E-state index >= 15 is 0 Å². The maximum atomic E-state index is 4.49. The van der Waals surface area contributed by atoms with Crippen LogP contribution in [0.5, 0.6) is 0 Å². The summed E-state index contributed by atoms with van der Waals surface area (Å²) >= 11 is 0. The van der Waals surface area contributed by atoms with Gasteiger partial charge in [0.1, 0.15) is 11.4 Å². The topological polar surface area (TPSA) is 55.6 Å². The average molecular weight is 217 g/mol. The van der Waals surface area contributed by atoms with Crippen molar-refractivity contribution in [2.24, 2.45) is 0 Å². The normalized spacial score (nSPS) is 10.6. The van der Waals surface area contributed by atoms with Gasteiger partial charge in [0.25, 0.3) is 0 Å². The van der Waals surface area contributed by atoms with Crippen molar-refractivity contribution in [3.63, 3.8) is 0 Å². The van der Waals surface area contributed by atoms with Crippen molar-refractivity contribution in [1.82, 2.24) is 25.1 Å². The van der Waals surface area contributed by atoms with Crippen LogP contribution in [0.3, 0.4) is 0 Å². The summed E-state index contributed by atoms with van der Waals surface area (Å²) in [6.07, 6.45) is 5.07. The van der Waals surface area contributed by atoms with E-state index in [9.17, 15) is 0 Å². The second-order valence-electron chi connectivity index (χ2n) is 3.46. The van der Waals surface area contributed by atoms with E-state index in [2.05, 4.69) is 27.3 Å². The van der Waals surface area contributed by atoms with Crippen LogP contribution in [-0.2, 0) is 13.1 Å². The molecular formula is C11H15N5. The van der Waals surface area contributed by atoms with E-state index in [4.69, 9.17) is 0 Å². The summed E-state index contributed by atoms with van der Waals surface area (Å²) in [5, 5.41) is 7.62. The largest absolute Gasteiger partial charge is 0.314 e. The van der Waals surface area contributed by atoms with Crippen molar-refractivity contribution in [3.05, 3.63) is 30.4 Å². The second kappa shape index (κ2) is 4.85. The zero-order valence-electron chi connectivity index (χ0n) is 9.51. The third kappa shape index (κ3) is 2.09. The summed E-state index contributed by atoms with van der Waals surface area (Å²) in [7, 11) is 1.93. The van der Waals surface area contributed by atoms with Gasteiger partial charge in [0, 0.05) is 25.5 Å². The standard InChI is InChI=1S/C11H15N5/c1-3-16-9(7-12-2)6-10(15-16)11-8-13-4-5-14-11/h4-6,8,12H,3,7H2,1-2H3. The first-order valence-electron chi connectivity index (χ1n) is 5.33. The summed E-state index contributed by atoms with van der Waals surface area (Å²) in [6, 6.07) is 2.05. The van der Waals surface area contributed by atoms with Crippen LogP contribution in [0, 0.1) is 0 Å². The van der Waals surface area contributed by atoms with Crippen molar-refractivity contribution < 1.29 is 0 Å². The lowest BCUT2D eigenvalue weighted by atomic mass is 10.3. The van der Waals surface area contributed by atoms with Crippen molar-refractivity contribution in [1.29, 1.82) is 0 Å². The van der Waals surface area contributed by atoms with Gasteiger partial charge in [-0.2, -0.15) is 5.10 Å². The van der Waals surface area contributed by atoms with Crippen LogP contribution in [0.1, 0.15) is 12.6 Å². The predicted octanol–water partition coefficient (Wildman–Crippen LogP) is 1.08. The highest BCUT2D eigenvalue weighted by Crippen LogP contribution is 2.15. The van der Waals surface area contributed by atoms with Crippen LogP contribution in [0.4, 0.5) is 0 Å². The molecule has 0 spiro atoms. The highest BCUT2D eigenvalue weighted by Gasteiger charge is 2.08. The Labute approximate surface area is 94.5 Å². The van der Waals surface area contributed by atoms with Gasteiger partial charge in [0.15, 0.2) is 0 Å². The van der Waals surface area contributed by atoms with Gasteiger partial charge >= 0.3 is 0 Å². The Bertz CT molecular complexity index is 449. The first kappa shape index (κ1) is 10.8. The minimum absolute atomic E-state index is 0.807. The smallest absolute Gasteiger partial charge is 0.113 e. The number of hydrogen-bond donors (Lipinski definition) is 1. The molecule has 2 aromatic rings. The molecule has 0 radical (unpaired) electrons. The van der Waals surface area contributed by atoms with Crippen molar-refractivity contribution in [3.8, 4) is 11.4 Å². The molecular weight excluding hydrogens is 202 g/mol. The van der Waals surface area contributed by atoms with Gasteiger partial charge in [-0.15, -0.1) is 0 Å². The fourth-order valence-electron chi connectivity index (χ4n) is 1.61. The van der Waals surface area contributed by atoms with Gasteiger partial charge in [-0.3, -0.25) is 14.6 Å². The summed E-state index contributed by atoms with van der Waals surface area (Å²) < 4.78 is 1.97. The first-order chi connectivity index (χ1) is 7.85. The number of nitrogens with zero attached hydrogens (tertiary/aromatic N) is 4. The van der Waals surface area contributed by atoms with Crippen molar-refractivity contribution in [2.75, 3.05) is 7.05 Å². The Hall–Kier alpha value is -1.75. The molecule has 0 unspecified atom stereocenters. The lowest BCUT2D eigenvalue weighted by Crippen LogP contribution is -2.11. The Balaban J connectivity index is 2.36. The number of rotatable bonds is 4. The zero-order valence-corrected chi connectivity index (χ0v) is 9.51. The number of aryl methyl sites for hydroxylation is 1. The minimum Gasteiger partial charge on any atom is -0.314 e. The van der Waals surface area contributed by atoms with Gasteiger partial charge in [0.2, 0.25) is 0 Å². The van der Waals surface area contributed by atoms with Crippen molar-refractivity contribution >= 4 is 0 Å². The highest BCUT2D eigenvalue weighted by molar-refractivity contribution is 5.52. The highest BCUT2D eigenvalue weighted by atomic mass is 15.3. The third-order valence-electron chi connectivity index (χ3n) is 2.35. The molecule has 0 bridgehead atoms. The van der Waals surface area contributed by atoms with Gasteiger partial charge < -0.3 is 5.32 Å². The van der Waals surface area contributed by atoms with Gasteiger partial charge in [-0.25, -0.2) is 0 Å². The number of hydrogen-bond acceptors (Lipinski definition) is 4. The molecule has 2 aromatic heterocycles. The van der Waals surface area contributed by atoms with E-state index in [0.717, 1.165) is 30.2 Å². The lowest BCUT2D eigenvalue weighted by molar-refractivity contribution is 0.604. The van der Waals surface area contributed by atoms with Crippen LogP contribution in [-0.4, -0.2) is 26.8 Å². The lowest BCUT2D eigenvalue weighted by Gasteiger charge is -2.01. The molecule has 0 fully saturated rings. The quantitative estimate of drug-likeness (QED) is 0.832. The fraction of sp³-hybridized carbons (Fsp3) is 0.364. The van der Waals surface area contributed by atoms with Gasteiger partial charge in [-0.05, 0) is 20.0 Å². The van der Waals surface area contributed by atoms with E-state index < -0.39 is 0 Å². The van der Waals surface area contributed by atoms with E-state index in [1.165, 1.54) is 0 Å². The minimum atomic E-state index is 0.807. The van der Waals surface area contributed by atoms with E-state index in [1.54, 1.807) is 18.6 Å². The van der Waals surface area contributed by atoms with Gasteiger partial charge in [0.05, 0.1) is 11.9 Å². The predicted molar refractivity (Wildman–Crippen MR) is 61.7 cm³/mol. The molecule has 0 aliphatic rings. The molecule has 5 nitrogen and oxygen atoms in total. The van der Waals surface area contributed by atoms with Gasteiger partial charge in [-0.1, -0.05) is 0 Å². The molecule has 0 aliphatic carbocycles. The Kier molecular flexibility index (Phi) is 3.26. The molecule has 1 N–H and O–H groups in total. The molecule has 0 saturated heterocycles. The summed E-state index contributed by atoms with van der Waals surface area (Å²) in [5.74, 6) is 0. The van der Waals surface area contributed by atoms with E-state index in [-0.39, 0.29) is 0 Å². The molecule has 2 rings (SSSR count). The monoisotopic (exact) mass is 217 g/mol. The molecule has 0 atom stereocenters. The van der Waals surface area contributed by atoms with Crippen LogP contribution in [0.15, 0.2) is 24.7 Å². The second-order valence-corrected chi connectivity index (χ2v) is 3.46. The zero-order chi connectivity index (χ0) is 11.4. The first-order valence-corrected chi connectivity index (χ1v) is 5.33. The molecule has 0 aliphatic heterocycles. The Morgan fingerprint density at radius 2 is 2.19 bits per heavy atom. The summed E-state index contributed by atoms with van der Waals surface area (Å²) in [6.45, 7) is 3.74. The number of aromatic nitrogens is 4. The maximum absolute atomic E-state index is 4.49.